The number of fused-ring (bicyclic) bond motifs is 2. The Hall–Kier alpha value is -2.19. The molecule has 218 valence electrons. The molecule has 2 aliphatic heterocycles. The van der Waals surface area contributed by atoms with Crippen LogP contribution in [0.25, 0.3) is 0 Å². The molecule has 1 fully saturated rings. The van der Waals surface area contributed by atoms with Crippen LogP contribution >= 0.6 is 23.5 Å². The lowest BCUT2D eigenvalue weighted by Crippen LogP contribution is -2.51. The molecule has 2 aromatic rings. The van der Waals surface area contributed by atoms with Crippen molar-refractivity contribution in [3.63, 3.8) is 0 Å². The van der Waals surface area contributed by atoms with Crippen LogP contribution in [0.3, 0.4) is 0 Å². The Morgan fingerprint density at radius 2 is 1.90 bits per heavy atom. The van der Waals surface area contributed by atoms with E-state index in [0.29, 0.717) is 25.0 Å². The quantitative estimate of drug-likeness (QED) is 0.287. The number of aliphatic hydroxyl groups is 1. The highest BCUT2D eigenvalue weighted by atomic mass is 35.5. The molecule has 2 aromatic carbocycles. The van der Waals surface area contributed by atoms with Gasteiger partial charge in [-0.15, -0.1) is 0 Å². The Morgan fingerprint density at radius 3 is 2.65 bits per heavy atom. The minimum atomic E-state index is -0.657. The van der Waals surface area contributed by atoms with Crippen LogP contribution in [0.2, 0.25) is 5.02 Å². The van der Waals surface area contributed by atoms with Gasteiger partial charge in [-0.2, -0.15) is 0 Å². The van der Waals surface area contributed by atoms with Gasteiger partial charge in [-0.05, 0) is 105 Å². The van der Waals surface area contributed by atoms with Crippen LogP contribution in [0.1, 0.15) is 63.5 Å². The number of carbonyl (C=O) groups is 1. The number of nitrogens with one attached hydrogen (secondary N) is 2. The van der Waals surface area contributed by atoms with Crippen LogP contribution in [-0.4, -0.2) is 49.9 Å². The number of hydrogen-bond acceptors (Lipinski definition) is 6. The Labute approximate surface area is 249 Å². The number of benzene rings is 2. The summed E-state index contributed by atoms with van der Waals surface area (Å²) in [5.41, 5.74) is 3.15. The summed E-state index contributed by atoms with van der Waals surface area (Å²) in [5.74, 6) is 2.52. The number of ether oxygens (including phenoxy) is 1. The van der Waals surface area contributed by atoms with Gasteiger partial charge in [-0.25, -0.2) is 0 Å². The van der Waals surface area contributed by atoms with Crippen molar-refractivity contribution in [3.05, 3.63) is 64.7 Å². The number of halogens is 1. The second kappa shape index (κ2) is 14.1. The summed E-state index contributed by atoms with van der Waals surface area (Å²) in [7, 11) is 1.00. The van der Waals surface area contributed by atoms with Crippen molar-refractivity contribution >= 4 is 35.1 Å². The van der Waals surface area contributed by atoms with E-state index < -0.39 is 5.54 Å². The predicted octanol–water partition coefficient (Wildman–Crippen LogP) is 6.36. The fraction of sp³-hybridized carbons (Fsp3) is 0.531. The number of nitrogens with zero attached hydrogens (tertiary/aromatic N) is 1. The van der Waals surface area contributed by atoms with Crippen molar-refractivity contribution in [1.29, 1.82) is 0 Å². The maximum atomic E-state index is 12.9. The number of aliphatic hydroxyl groups excluding tert-OH is 1. The fourth-order valence-electron chi connectivity index (χ4n) is 5.81. The number of aryl methyl sites for hydroxylation is 1. The normalized spacial score (nSPS) is 25.1. The molecular formula is C32H44ClN3O3S. The largest absolute Gasteiger partial charge is 0.491 e. The third kappa shape index (κ3) is 7.35. The van der Waals surface area contributed by atoms with Crippen LogP contribution in [0.15, 0.2) is 53.4 Å². The summed E-state index contributed by atoms with van der Waals surface area (Å²) in [4.78, 5) is 16.5. The summed E-state index contributed by atoms with van der Waals surface area (Å²) in [6.07, 6.45) is 10.2. The van der Waals surface area contributed by atoms with Gasteiger partial charge >= 0.3 is 0 Å². The molecule has 8 heteroatoms. The van der Waals surface area contributed by atoms with Crippen molar-refractivity contribution in [3.8, 4) is 5.75 Å². The van der Waals surface area contributed by atoms with Crippen LogP contribution in [0, 0.1) is 11.8 Å². The van der Waals surface area contributed by atoms with Crippen LogP contribution in [0.5, 0.6) is 5.75 Å². The minimum absolute atomic E-state index is 0.0312. The second-order valence-corrected chi connectivity index (χ2v) is 12.8. The van der Waals surface area contributed by atoms with Gasteiger partial charge in [0.15, 0.2) is 0 Å². The third-order valence-corrected chi connectivity index (χ3v) is 9.35. The van der Waals surface area contributed by atoms with E-state index in [9.17, 15) is 4.79 Å². The average Bonchev–Trinajstić information content (AvgIpc) is 3.11. The van der Waals surface area contributed by atoms with Crippen molar-refractivity contribution in [2.24, 2.45) is 11.8 Å². The van der Waals surface area contributed by atoms with Crippen molar-refractivity contribution < 1.29 is 14.6 Å². The van der Waals surface area contributed by atoms with E-state index in [1.807, 2.05) is 26.0 Å². The van der Waals surface area contributed by atoms with Crippen LogP contribution in [0.4, 0.5) is 5.69 Å². The highest BCUT2D eigenvalue weighted by molar-refractivity contribution is 7.98. The zero-order chi connectivity index (χ0) is 28.7. The molecular weight excluding hydrogens is 542 g/mol. The van der Waals surface area contributed by atoms with E-state index in [2.05, 4.69) is 58.3 Å². The van der Waals surface area contributed by atoms with E-state index in [1.165, 1.54) is 35.9 Å². The van der Waals surface area contributed by atoms with Gasteiger partial charge in [0, 0.05) is 42.6 Å². The van der Waals surface area contributed by atoms with Crippen LogP contribution < -0.4 is 19.7 Å². The molecule has 6 nitrogen and oxygen atoms in total. The molecule has 3 N–H and O–H groups in total. The number of hydrogen-bond donors (Lipinski definition) is 3. The first-order valence-electron chi connectivity index (χ1n) is 14.5. The summed E-state index contributed by atoms with van der Waals surface area (Å²) in [6, 6.07) is 12.7. The molecule has 2 heterocycles. The van der Waals surface area contributed by atoms with E-state index in [1.54, 1.807) is 0 Å². The van der Waals surface area contributed by atoms with E-state index in [0.717, 1.165) is 60.8 Å². The molecule has 1 saturated carbocycles. The molecule has 5 rings (SSSR count). The number of amides is 1. The van der Waals surface area contributed by atoms with Gasteiger partial charge in [0.05, 0.1) is 17.8 Å². The van der Waals surface area contributed by atoms with Crippen LogP contribution in [-0.2, 0) is 11.2 Å². The molecule has 3 atom stereocenters. The van der Waals surface area contributed by atoms with Crippen molar-refractivity contribution in [2.75, 3.05) is 38.3 Å². The number of carbonyl (C=O) groups excluding carboxylic acids is 1. The first-order valence-corrected chi connectivity index (χ1v) is 15.7. The Balaban J connectivity index is 0.00000181. The van der Waals surface area contributed by atoms with Crippen molar-refractivity contribution in [1.82, 2.24) is 10.0 Å². The lowest BCUT2D eigenvalue weighted by atomic mass is 9.71. The number of allylic oxidation sites excluding steroid dienone is 1. The first kappa shape index (κ1) is 30.8. The summed E-state index contributed by atoms with van der Waals surface area (Å²) in [5, 5.41) is 11.2. The standard InChI is InChI=1S/C31H40ClN3O2S.CH4O/c1-4-7-22-16-25(32)11-13-27(22)24-19-35-18-23-10-9-21(23)8-5-6-15-33-31(2,3)30(36)34-38-26-12-14-29(37-20-24)28(35)17-26;1-2/h5-6,11-14,16-17,21,23-24,33H,4,7-10,15,18-20H2,1-3H3,(H,34,36);2H,1H3/b6-5+;. The highest BCUT2D eigenvalue weighted by Gasteiger charge is 2.35. The predicted molar refractivity (Wildman–Crippen MR) is 167 cm³/mol. The van der Waals surface area contributed by atoms with E-state index >= 15 is 0 Å². The summed E-state index contributed by atoms with van der Waals surface area (Å²) in [6.45, 7) is 9.33. The van der Waals surface area contributed by atoms with Gasteiger partial charge in [0.2, 0.25) is 5.91 Å². The maximum Gasteiger partial charge on any atom is 0.249 e. The molecule has 0 aromatic heterocycles. The number of rotatable bonds is 3. The zero-order valence-corrected chi connectivity index (χ0v) is 25.8. The minimum Gasteiger partial charge on any atom is -0.491 e. The SMILES string of the molecule is CCCc1cc(Cl)ccc1C1COc2ccc3cc2N(C1)CC1CCC1C/C=C/CNC(C)(C)C(=O)NS3.CO. The summed E-state index contributed by atoms with van der Waals surface area (Å²) < 4.78 is 9.54. The molecule has 1 aliphatic carbocycles. The highest BCUT2D eigenvalue weighted by Crippen LogP contribution is 2.43. The molecule has 3 unspecified atom stereocenters. The molecule has 0 radical (unpaired) electrons. The zero-order valence-electron chi connectivity index (χ0n) is 24.2. The lowest BCUT2D eigenvalue weighted by molar-refractivity contribution is -0.124. The average molecular weight is 586 g/mol. The van der Waals surface area contributed by atoms with Gasteiger partial charge in [-0.3, -0.25) is 9.52 Å². The van der Waals surface area contributed by atoms with Gasteiger partial charge in [-0.1, -0.05) is 43.2 Å². The van der Waals surface area contributed by atoms with Crippen molar-refractivity contribution in [2.45, 2.75) is 69.2 Å². The second-order valence-electron chi connectivity index (χ2n) is 11.5. The first-order chi connectivity index (χ1) is 19.3. The molecule has 0 spiro atoms. The van der Waals surface area contributed by atoms with Gasteiger partial charge in [0.1, 0.15) is 5.75 Å². The maximum absolute atomic E-state index is 12.9. The molecule has 40 heavy (non-hydrogen) atoms. The molecule has 0 saturated heterocycles. The third-order valence-electron chi connectivity index (χ3n) is 8.34. The molecule has 1 amide bonds. The molecule has 2 bridgehead atoms. The topological polar surface area (TPSA) is 73.8 Å². The number of anilines is 1. The Bertz CT molecular complexity index is 1190. The van der Waals surface area contributed by atoms with Gasteiger partial charge < -0.3 is 20.1 Å². The molecule has 3 aliphatic rings. The smallest absolute Gasteiger partial charge is 0.249 e. The Kier molecular flexibility index (Phi) is 10.9. The Morgan fingerprint density at radius 1 is 1.10 bits per heavy atom. The summed E-state index contributed by atoms with van der Waals surface area (Å²) >= 11 is 7.77. The van der Waals surface area contributed by atoms with E-state index in [4.69, 9.17) is 21.4 Å². The van der Waals surface area contributed by atoms with Gasteiger partial charge in [0.25, 0.3) is 0 Å². The fourth-order valence-corrected chi connectivity index (χ4v) is 6.78. The van der Waals surface area contributed by atoms with E-state index in [-0.39, 0.29) is 11.8 Å². The monoisotopic (exact) mass is 585 g/mol. The lowest BCUT2D eigenvalue weighted by Gasteiger charge is -2.41.